The van der Waals surface area contributed by atoms with Gasteiger partial charge < -0.3 is 15.1 Å². The third-order valence-electron chi connectivity index (χ3n) is 3.15. The number of aromatic nitrogens is 1. The fourth-order valence-electron chi connectivity index (χ4n) is 2.17. The summed E-state index contributed by atoms with van der Waals surface area (Å²) in [5.74, 6) is 1.14. The highest BCUT2D eigenvalue weighted by Crippen LogP contribution is 2.23. The summed E-state index contributed by atoms with van der Waals surface area (Å²) in [4.78, 5) is 16.1. The number of aryl methyl sites for hydroxylation is 1. The van der Waals surface area contributed by atoms with Gasteiger partial charge in [0.25, 0.3) is 5.91 Å². The molecule has 5 heteroatoms. The van der Waals surface area contributed by atoms with E-state index in [1.807, 2.05) is 25.1 Å². The number of carbonyl (C=O) groups excluding carboxylic acids is 1. The molecule has 2 heterocycles. The summed E-state index contributed by atoms with van der Waals surface area (Å²) < 4.78 is 5.31. The number of fused-ring (bicyclic) bond motifs is 1. The molecule has 0 fully saturated rings. The zero-order valence-electron chi connectivity index (χ0n) is 10.7. The lowest BCUT2D eigenvalue weighted by atomic mass is 10.1. The molecule has 0 bridgehead atoms. The number of hydrogen-bond donors (Lipinski definition) is 2. The Morgan fingerprint density at radius 2 is 2.42 bits per heavy atom. The average Bonchev–Trinajstić information content (AvgIpc) is 3.03. The lowest BCUT2D eigenvalue weighted by molar-refractivity contribution is 0.0947. The molecule has 0 spiro atoms. The molecule has 19 heavy (non-hydrogen) atoms. The number of benzene rings is 1. The predicted octanol–water partition coefficient (Wildman–Crippen LogP) is 1.88. The Kier molecular flexibility index (Phi) is 2.95. The molecule has 0 saturated heterocycles. The van der Waals surface area contributed by atoms with Crippen molar-refractivity contribution in [2.75, 3.05) is 11.9 Å². The van der Waals surface area contributed by atoms with E-state index < -0.39 is 0 Å². The van der Waals surface area contributed by atoms with Gasteiger partial charge in [-0.1, -0.05) is 6.07 Å². The Morgan fingerprint density at radius 3 is 3.21 bits per heavy atom. The summed E-state index contributed by atoms with van der Waals surface area (Å²) in [6.45, 7) is 3.07. The molecule has 1 aromatic carbocycles. The minimum Gasteiger partial charge on any atom is -0.444 e. The van der Waals surface area contributed by atoms with E-state index in [9.17, 15) is 4.79 Å². The summed E-state index contributed by atoms with van der Waals surface area (Å²) in [6.07, 6.45) is 2.66. The highest BCUT2D eigenvalue weighted by Gasteiger charge is 2.13. The van der Waals surface area contributed by atoms with Crippen molar-refractivity contribution in [3.05, 3.63) is 47.2 Å². The van der Waals surface area contributed by atoms with Crippen molar-refractivity contribution in [1.29, 1.82) is 0 Å². The number of carbonyl (C=O) groups is 1. The normalized spacial score (nSPS) is 12.9. The van der Waals surface area contributed by atoms with Crippen molar-refractivity contribution < 1.29 is 9.21 Å². The first-order valence-electron chi connectivity index (χ1n) is 6.29. The summed E-state index contributed by atoms with van der Waals surface area (Å²) in [5, 5.41) is 6.06. The van der Waals surface area contributed by atoms with Gasteiger partial charge in [-0.2, -0.15) is 0 Å². The Bertz CT molecular complexity index is 619. The van der Waals surface area contributed by atoms with Gasteiger partial charge in [-0.05, 0) is 31.0 Å². The minimum absolute atomic E-state index is 0.118. The van der Waals surface area contributed by atoms with Crippen LogP contribution in [0, 0.1) is 6.92 Å². The fourth-order valence-corrected chi connectivity index (χ4v) is 2.17. The molecule has 0 saturated carbocycles. The first-order chi connectivity index (χ1) is 9.22. The van der Waals surface area contributed by atoms with Crippen LogP contribution in [-0.4, -0.2) is 17.4 Å². The SMILES string of the molecule is Cc1cnc(CNC(=O)c2ccc3c(c2)NCC3)o1. The first-order valence-corrected chi connectivity index (χ1v) is 6.29. The predicted molar refractivity (Wildman–Crippen MR) is 71.0 cm³/mol. The van der Waals surface area contributed by atoms with Crippen LogP contribution in [0.15, 0.2) is 28.8 Å². The highest BCUT2D eigenvalue weighted by molar-refractivity contribution is 5.95. The molecule has 98 valence electrons. The van der Waals surface area contributed by atoms with Crippen LogP contribution in [0.25, 0.3) is 0 Å². The second-order valence-electron chi connectivity index (χ2n) is 4.60. The Morgan fingerprint density at radius 1 is 1.53 bits per heavy atom. The molecule has 0 radical (unpaired) electrons. The quantitative estimate of drug-likeness (QED) is 0.881. The maximum Gasteiger partial charge on any atom is 0.251 e. The van der Waals surface area contributed by atoms with Gasteiger partial charge in [0.1, 0.15) is 5.76 Å². The van der Waals surface area contributed by atoms with Crippen molar-refractivity contribution >= 4 is 11.6 Å². The minimum atomic E-state index is -0.118. The average molecular weight is 257 g/mol. The summed E-state index contributed by atoms with van der Waals surface area (Å²) in [5.41, 5.74) is 2.97. The van der Waals surface area contributed by atoms with Gasteiger partial charge in [-0.25, -0.2) is 4.98 Å². The first kappa shape index (κ1) is 11.8. The van der Waals surface area contributed by atoms with Gasteiger partial charge in [0.05, 0.1) is 12.7 Å². The van der Waals surface area contributed by atoms with Crippen molar-refractivity contribution in [3.63, 3.8) is 0 Å². The number of oxazole rings is 1. The molecule has 0 atom stereocenters. The van der Waals surface area contributed by atoms with Gasteiger partial charge in [0, 0.05) is 17.8 Å². The van der Waals surface area contributed by atoms with E-state index >= 15 is 0 Å². The van der Waals surface area contributed by atoms with Gasteiger partial charge in [0.2, 0.25) is 5.89 Å². The van der Waals surface area contributed by atoms with Gasteiger partial charge in [-0.3, -0.25) is 4.79 Å². The van der Waals surface area contributed by atoms with E-state index in [4.69, 9.17) is 4.42 Å². The number of amides is 1. The van der Waals surface area contributed by atoms with E-state index in [2.05, 4.69) is 15.6 Å². The molecule has 1 amide bonds. The number of hydrogen-bond acceptors (Lipinski definition) is 4. The van der Waals surface area contributed by atoms with Crippen molar-refractivity contribution in [1.82, 2.24) is 10.3 Å². The van der Waals surface area contributed by atoms with Crippen LogP contribution >= 0.6 is 0 Å². The standard InChI is InChI=1S/C14H15N3O2/c1-9-7-16-13(19-9)8-17-14(18)11-3-2-10-4-5-15-12(10)6-11/h2-3,6-7,15H,4-5,8H2,1H3,(H,17,18). The van der Waals surface area contributed by atoms with E-state index in [-0.39, 0.29) is 5.91 Å². The maximum atomic E-state index is 12.0. The zero-order valence-corrected chi connectivity index (χ0v) is 10.7. The zero-order chi connectivity index (χ0) is 13.2. The number of anilines is 1. The smallest absolute Gasteiger partial charge is 0.251 e. The summed E-state index contributed by atoms with van der Waals surface area (Å²) in [6, 6.07) is 5.74. The van der Waals surface area contributed by atoms with E-state index in [1.165, 1.54) is 5.56 Å². The third kappa shape index (κ3) is 2.45. The molecule has 5 nitrogen and oxygen atoms in total. The van der Waals surface area contributed by atoms with Crippen molar-refractivity contribution in [2.24, 2.45) is 0 Å². The Hall–Kier alpha value is -2.30. The number of nitrogens with one attached hydrogen (secondary N) is 2. The molecular formula is C14H15N3O2. The van der Waals surface area contributed by atoms with Crippen LogP contribution < -0.4 is 10.6 Å². The van der Waals surface area contributed by atoms with E-state index in [1.54, 1.807) is 6.20 Å². The second kappa shape index (κ2) is 4.76. The van der Waals surface area contributed by atoms with Crippen molar-refractivity contribution in [2.45, 2.75) is 19.9 Å². The third-order valence-corrected chi connectivity index (χ3v) is 3.15. The maximum absolute atomic E-state index is 12.0. The van der Waals surface area contributed by atoms with Gasteiger partial charge in [-0.15, -0.1) is 0 Å². The molecule has 1 aromatic heterocycles. The number of rotatable bonds is 3. The lowest BCUT2D eigenvalue weighted by Crippen LogP contribution is -2.22. The molecule has 3 rings (SSSR count). The Balaban J connectivity index is 1.67. The lowest BCUT2D eigenvalue weighted by Gasteiger charge is -2.05. The van der Waals surface area contributed by atoms with E-state index in [0.29, 0.717) is 18.0 Å². The molecule has 1 aliphatic heterocycles. The molecular weight excluding hydrogens is 242 g/mol. The molecule has 2 aromatic rings. The highest BCUT2D eigenvalue weighted by atomic mass is 16.4. The topological polar surface area (TPSA) is 67.2 Å². The van der Waals surface area contributed by atoms with Crippen LogP contribution in [0.1, 0.15) is 27.6 Å². The fraction of sp³-hybridized carbons (Fsp3) is 0.286. The number of nitrogens with zero attached hydrogens (tertiary/aromatic N) is 1. The summed E-state index contributed by atoms with van der Waals surface area (Å²) in [7, 11) is 0. The molecule has 2 N–H and O–H groups in total. The van der Waals surface area contributed by atoms with Crippen molar-refractivity contribution in [3.8, 4) is 0 Å². The van der Waals surface area contributed by atoms with Gasteiger partial charge >= 0.3 is 0 Å². The van der Waals surface area contributed by atoms with Crippen LogP contribution in [0.2, 0.25) is 0 Å². The Labute approximate surface area is 111 Å². The molecule has 0 unspecified atom stereocenters. The van der Waals surface area contributed by atoms with Crippen LogP contribution in [0.3, 0.4) is 0 Å². The van der Waals surface area contributed by atoms with Crippen LogP contribution in [0.4, 0.5) is 5.69 Å². The monoisotopic (exact) mass is 257 g/mol. The van der Waals surface area contributed by atoms with Crippen LogP contribution in [-0.2, 0) is 13.0 Å². The molecule has 1 aliphatic rings. The van der Waals surface area contributed by atoms with E-state index in [0.717, 1.165) is 24.4 Å². The second-order valence-corrected chi connectivity index (χ2v) is 4.60. The molecule has 0 aliphatic carbocycles. The largest absolute Gasteiger partial charge is 0.444 e. The van der Waals surface area contributed by atoms with Crippen LogP contribution in [0.5, 0.6) is 0 Å². The summed E-state index contributed by atoms with van der Waals surface area (Å²) >= 11 is 0. The van der Waals surface area contributed by atoms with Gasteiger partial charge in [0.15, 0.2) is 0 Å².